The Labute approximate surface area is 172 Å². The summed E-state index contributed by atoms with van der Waals surface area (Å²) in [5.41, 5.74) is 2.19. The Hall–Kier alpha value is -3.02. The number of nitrogens with one attached hydrogen (secondary N) is 2. The number of carbonyl (C=O) groups is 2. The predicted molar refractivity (Wildman–Crippen MR) is 116 cm³/mol. The number of anilines is 2. The van der Waals surface area contributed by atoms with Crippen molar-refractivity contribution in [1.29, 1.82) is 0 Å². The van der Waals surface area contributed by atoms with Crippen LogP contribution in [0.4, 0.5) is 11.4 Å². The molecule has 1 aliphatic heterocycles. The zero-order valence-electron chi connectivity index (χ0n) is 16.9. The second-order valence-corrected chi connectivity index (χ2v) is 7.20. The van der Waals surface area contributed by atoms with Crippen molar-refractivity contribution >= 4 is 23.2 Å². The first-order valence-electron chi connectivity index (χ1n) is 10.3. The Bertz CT molecular complexity index is 797. The SMILES string of the molecule is CCCCOc1ccc(NCC(=O)Nc2ccc(C(=O)N3CCCC3)cc2)cc1. The van der Waals surface area contributed by atoms with Crippen molar-refractivity contribution in [1.82, 2.24) is 4.90 Å². The first-order chi connectivity index (χ1) is 14.2. The number of amides is 2. The molecule has 0 bridgehead atoms. The van der Waals surface area contributed by atoms with Crippen LogP contribution >= 0.6 is 0 Å². The molecule has 0 atom stereocenters. The van der Waals surface area contributed by atoms with Crippen LogP contribution in [0.1, 0.15) is 43.0 Å². The lowest BCUT2D eigenvalue weighted by Gasteiger charge is -2.15. The average Bonchev–Trinajstić information content (AvgIpc) is 3.28. The molecule has 2 N–H and O–H groups in total. The molecule has 1 aliphatic rings. The van der Waals surface area contributed by atoms with E-state index in [2.05, 4.69) is 17.6 Å². The van der Waals surface area contributed by atoms with Crippen molar-refractivity contribution in [2.75, 3.05) is 36.9 Å². The van der Waals surface area contributed by atoms with Crippen molar-refractivity contribution < 1.29 is 14.3 Å². The highest BCUT2D eigenvalue weighted by molar-refractivity contribution is 5.96. The first kappa shape index (κ1) is 20.7. The highest BCUT2D eigenvalue weighted by Gasteiger charge is 2.19. The van der Waals surface area contributed by atoms with E-state index in [9.17, 15) is 9.59 Å². The Morgan fingerprint density at radius 1 is 0.966 bits per heavy atom. The molecule has 1 saturated heterocycles. The van der Waals surface area contributed by atoms with Crippen LogP contribution in [-0.4, -0.2) is 43.0 Å². The van der Waals surface area contributed by atoms with E-state index in [0.717, 1.165) is 50.2 Å². The first-order valence-corrected chi connectivity index (χ1v) is 10.3. The number of hydrogen-bond donors (Lipinski definition) is 2. The summed E-state index contributed by atoms with van der Waals surface area (Å²) in [6.07, 6.45) is 4.28. The van der Waals surface area contributed by atoms with Gasteiger partial charge in [0.15, 0.2) is 0 Å². The summed E-state index contributed by atoms with van der Waals surface area (Å²) >= 11 is 0. The van der Waals surface area contributed by atoms with Crippen LogP contribution in [0.25, 0.3) is 0 Å². The van der Waals surface area contributed by atoms with E-state index in [1.807, 2.05) is 29.2 Å². The lowest BCUT2D eigenvalue weighted by Crippen LogP contribution is -2.27. The van der Waals surface area contributed by atoms with Gasteiger partial charge in [0.2, 0.25) is 5.91 Å². The summed E-state index contributed by atoms with van der Waals surface area (Å²) in [4.78, 5) is 26.4. The quantitative estimate of drug-likeness (QED) is 0.626. The minimum absolute atomic E-state index is 0.0594. The van der Waals surface area contributed by atoms with E-state index < -0.39 is 0 Å². The number of benzene rings is 2. The molecule has 2 aromatic carbocycles. The van der Waals surface area contributed by atoms with Gasteiger partial charge in [-0.1, -0.05) is 13.3 Å². The van der Waals surface area contributed by atoms with Gasteiger partial charge in [0.05, 0.1) is 13.2 Å². The van der Waals surface area contributed by atoms with Crippen LogP contribution < -0.4 is 15.4 Å². The van der Waals surface area contributed by atoms with Crippen LogP contribution in [-0.2, 0) is 4.79 Å². The number of likely N-dealkylation sites (tertiary alicyclic amines) is 1. The zero-order chi connectivity index (χ0) is 20.5. The highest BCUT2D eigenvalue weighted by Crippen LogP contribution is 2.17. The zero-order valence-corrected chi connectivity index (χ0v) is 16.9. The second kappa shape index (κ2) is 10.5. The number of carbonyl (C=O) groups excluding carboxylic acids is 2. The van der Waals surface area contributed by atoms with Gasteiger partial charge in [0.1, 0.15) is 5.75 Å². The number of unbranched alkanes of at least 4 members (excludes halogenated alkanes) is 1. The normalized spacial score (nSPS) is 13.2. The molecule has 6 heteroatoms. The van der Waals surface area contributed by atoms with Crippen molar-refractivity contribution in [3.05, 3.63) is 54.1 Å². The van der Waals surface area contributed by atoms with Gasteiger partial charge < -0.3 is 20.3 Å². The number of nitrogens with zero attached hydrogens (tertiary/aromatic N) is 1. The number of hydrogen-bond acceptors (Lipinski definition) is 4. The van der Waals surface area contributed by atoms with E-state index in [-0.39, 0.29) is 18.4 Å². The minimum atomic E-state index is -0.146. The molecule has 0 aromatic heterocycles. The molecular formula is C23H29N3O3. The number of ether oxygens (including phenoxy) is 1. The Balaban J connectivity index is 1.43. The van der Waals surface area contributed by atoms with Gasteiger partial charge >= 0.3 is 0 Å². The van der Waals surface area contributed by atoms with E-state index >= 15 is 0 Å². The van der Waals surface area contributed by atoms with E-state index in [4.69, 9.17) is 4.74 Å². The minimum Gasteiger partial charge on any atom is -0.494 e. The monoisotopic (exact) mass is 395 g/mol. The van der Waals surface area contributed by atoms with Crippen LogP contribution in [0.15, 0.2) is 48.5 Å². The maximum absolute atomic E-state index is 12.4. The van der Waals surface area contributed by atoms with Gasteiger partial charge in [-0.15, -0.1) is 0 Å². The van der Waals surface area contributed by atoms with Crippen molar-refractivity contribution in [2.45, 2.75) is 32.6 Å². The second-order valence-electron chi connectivity index (χ2n) is 7.20. The third-order valence-corrected chi connectivity index (χ3v) is 4.88. The highest BCUT2D eigenvalue weighted by atomic mass is 16.5. The molecular weight excluding hydrogens is 366 g/mol. The molecule has 0 aliphatic carbocycles. The molecule has 3 rings (SSSR count). The van der Waals surface area contributed by atoms with Gasteiger partial charge in [-0.3, -0.25) is 9.59 Å². The third-order valence-electron chi connectivity index (χ3n) is 4.88. The van der Waals surface area contributed by atoms with E-state index in [1.165, 1.54) is 0 Å². The molecule has 0 radical (unpaired) electrons. The molecule has 29 heavy (non-hydrogen) atoms. The maximum atomic E-state index is 12.4. The van der Waals surface area contributed by atoms with Gasteiger partial charge in [0.25, 0.3) is 5.91 Å². The largest absolute Gasteiger partial charge is 0.494 e. The van der Waals surface area contributed by atoms with E-state index in [1.54, 1.807) is 24.3 Å². The fourth-order valence-corrected chi connectivity index (χ4v) is 3.19. The van der Waals surface area contributed by atoms with Crippen LogP contribution in [0, 0.1) is 0 Å². The lowest BCUT2D eigenvalue weighted by molar-refractivity contribution is -0.114. The summed E-state index contributed by atoms with van der Waals surface area (Å²) in [6, 6.07) is 14.6. The smallest absolute Gasteiger partial charge is 0.253 e. The fourth-order valence-electron chi connectivity index (χ4n) is 3.19. The molecule has 0 spiro atoms. The maximum Gasteiger partial charge on any atom is 0.253 e. The molecule has 154 valence electrons. The van der Waals surface area contributed by atoms with Crippen LogP contribution in [0.3, 0.4) is 0 Å². The molecule has 0 unspecified atom stereocenters. The summed E-state index contributed by atoms with van der Waals surface area (Å²) in [6.45, 7) is 4.66. The molecule has 1 heterocycles. The Morgan fingerprint density at radius 2 is 1.62 bits per heavy atom. The molecule has 6 nitrogen and oxygen atoms in total. The molecule has 1 fully saturated rings. The Kier molecular flexibility index (Phi) is 7.50. The molecule has 2 amide bonds. The van der Waals surface area contributed by atoms with Crippen LogP contribution in [0.5, 0.6) is 5.75 Å². The van der Waals surface area contributed by atoms with Crippen molar-refractivity contribution in [3.8, 4) is 5.75 Å². The van der Waals surface area contributed by atoms with Crippen LogP contribution in [0.2, 0.25) is 0 Å². The standard InChI is InChI=1S/C23H29N3O3/c1-2-3-16-29-21-12-10-19(11-13-21)24-17-22(27)25-20-8-6-18(7-9-20)23(28)26-14-4-5-15-26/h6-13,24H,2-5,14-17H2,1H3,(H,25,27). The van der Waals surface area contributed by atoms with Gasteiger partial charge in [-0.05, 0) is 67.8 Å². The van der Waals surface area contributed by atoms with Gasteiger partial charge in [-0.25, -0.2) is 0 Å². The summed E-state index contributed by atoms with van der Waals surface area (Å²) in [7, 11) is 0. The summed E-state index contributed by atoms with van der Waals surface area (Å²) < 4.78 is 5.63. The van der Waals surface area contributed by atoms with Crippen molar-refractivity contribution in [2.24, 2.45) is 0 Å². The Morgan fingerprint density at radius 3 is 2.28 bits per heavy atom. The van der Waals surface area contributed by atoms with Gasteiger partial charge in [-0.2, -0.15) is 0 Å². The predicted octanol–water partition coefficient (Wildman–Crippen LogP) is 4.15. The van der Waals surface area contributed by atoms with E-state index in [0.29, 0.717) is 17.9 Å². The topological polar surface area (TPSA) is 70.7 Å². The summed E-state index contributed by atoms with van der Waals surface area (Å²) in [5.74, 6) is 0.744. The average molecular weight is 396 g/mol. The lowest BCUT2D eigenvalue weighted by atomic mass is 10.2. The third kappa shape index (κ3) is 6.24. The van der Waals surface area contributed by atoms with Crippen molar-refractivity contribution in [3.63, 3.8) is 0 Å². The summed E-state index contributed by atoms with van der Waals surface area (Å²) in [5, 5.41) is 5.94. The molecule has 0 saturated carbocycles. The fraction of sp³-hybridized carbons (Fsp3) is 0.391. The number of rotatable bonds is 9. The van der Waals surface area contributed by atoms with Gasteiger partial charge in [0, 0.05) is 30.0 Å². The molecule has 2 aromatic rings.